The average molecular weight is 324 g/mol. The number of hydrogen-bond donors (Lipinski definition) is 1. The van der Waals surface area contributed by atoms with Gasteiger partial charge in [0.05, 0.1) is 17.0 Å². The Hall–Kier alpha value is -2.87. The third-order valence-electron chi connectivity index (χ3n) is 4.05. The molecule has 0 amide bonds. The van der Waals surface area contributed by atoms with Crippen molar-refractivity contribution in [3.05, 3.63) is 57.9 Å². The van der Waals surface area contributed by atoms with Crippen LogP contribution in [0, 0.1) is 6.92 Å². The molecular formula is C16H16N6O2. The Morgan fingerprint density at radius 1 is 1.33 bits per heavy atom. The molecule has 8 nitrogen and oxygen atoms in total. The maximum atomic E-state index is 12.3. The van der Waals surface area contributed by atoms with Gasteiger partial charge in [0.25, 0.3) is 5.56 Å². The van der Waals surface area contributed by atoms with E-state index in [-0.39, 0.29) is 5.56 Å². The van der Waals surface area contributed by atoms with Crippen molar-refractivity contribution < 1.29 is 4.52 Å². The van der Waals surface area contributed by atoms with Crippen molar-refractivity contribution in [3.8, 4) is 11.4 Å². The topological polar surface area (TPSA) is 101 Å². The van der Waals surface area contributed by atoms with Gasteiger partial charge in [-0.05, 0) is 13.3 Å². The van der Waals surface area contributed by atoms with Crippen LogP contribution in [0.25, 0.3) is 11.4 Å². The molecule has 0 unspecified atom stereocenters. The summed E-state index contributed by atoms with van der Waals surface area (Å²) in [6.45, 7) is 3.94. The highest BCUT2D eigenvalue weighted by Gasteiger charge is 2.22. The molecule has 122 valence electrons. The lowest BCUT2D eigenvalue weighted by Crippen LogP contribution is -2.35. The Morgan fingerprint density at radius 2 is 2.17 bits per heavy atom. The van der Waals surface area contributed by atoms with Crippen LogP contribution in [0.1, 0.15) is 22.7 Å². The third kappa shape index (κ3) is 2.83. The van der Waals surface area contributed by atoms with Crippen molar-refractivity contribution in [3.63, 3.8) is 0 Å². The second-order valence-electron chi connectivity index (χ2n) is 5.86. The molecule has 0 saturated carbocycles. The summed E-state index contributed by atoms with van der Waals surface area (Å²) < 4.78 is 5.11. The van der Waals surface area contributed by atoms with Crippen LogP contribution in [-0.4, -0.2) is 36.5 Å². The van der Waals surface area contributed by atoms with Crippen LogP contribution in [-0.2, 0) is 19.5 Å². The van der Waals surface area contributed by atoms with Crippen LogP contribution in [0.3, 0.4) is 0 Å². The first-order valence-electron chi connectivity index (χ1n) is 7.71. The van der Waals surface area contributed by atoms with Crippen molar-refractivity contribution in [2.75, 3.05) is 6.54 Å². The number of H-pyrrole nitrogens is 1. The lowest BCUT2D eigenvalue weighted by atomic mass is 10.1. The number of fused-ring (bicyclic) bond motifs is 1. The van der Waals surface area contributed by atoms with Gasteiger partial charge in [-0.15, -0.1) is 0 Å². The first kappa shape index (κ1) is 14.7. The van der Waals surface area contributed by atoms with Crippen LogP contribution < -0.4 is 5.56 Å². The van der Waals surface area contributed by atoms with Gasteiger partial charge in [-0.2, -0.15) is 0 Å². The minimum absolute atomic E-state index is 0.0872. The van der Waals surface area contributed by atoms with Gasteiger partial charge in [0, 0.05) is 43.7 Å². The Balaban J connectivity index is 1.62. The molecule has 0 aliphatic carbocycles. The third-order valence-corrected chi connectivity index (χ3v) is 4.05. The molecule has 4 heterocycles. The number of aryl methyl sites for hydroxylation is 1. The van der Waals surface area contributed by atoms with Crippen molar-refractivity contribution in [1.29, 1.82) is 0 Å². The van der Waals surface area contributed by atoms with Crippen molar-refractivity contribution in [2.24, 2.45) is 0 Å². The number of aromatic amines is 1. The van der Waals surface area contributed by atoms with Gasteiger partial charge in [0.2, 0.25) is 0 Å². The number of nitrogens with zero attached hydrogens (tertiary/aromatic N) is 5. The molecule has 1 aliphatic rings. The largest absolute Gasteiger partial charge is 0.361 e. The summed E-state index contributed by atoms with van der Waals surface area (Å²) in [4.78, 5) is 29.9. The zero-order valence-corrected chi connectivity index (χ0v) is 13.2. The highest BCUT2D eigenvalue weighted by Crippen LogP contribution is 2.19. The number of aromatic nitrogens is 5. The number of nitrogens with one attached hydrogen (secondary N) is 1. The van der Waals surface area contributed by atoms with E-state index in [9.17, 15) is 4.79 Å². The molecule has 3 aromatic heterocycles. The summed E-state index contributed by atoms with van der Waals surface area (Å²) in [6.07, 6.45) is 5.38. The van der Waals surface area contributed by atoms with E-state index in [4.69, 9.17) is 4.52 Å². The van der Waals surface area contributed by atoms with Gasteiger partial charge < -0.3 is 9.51 Å². The van der Waals surface area contributed by atoms with Gasteiger partial charge in [0.15, 0.2) is 0 Å². The minimum atomic E-state index is -0.0872. The Bertz CT molecular complexity index is 918. The van der Waals surface area contributed by atoms with E-state index in [0.29, 0.717) is 30.9 Å². The lowest BCUT2D eigenvalue weighted by molar-refractivity contribution is 0.232. The maximum absolute atomic E-state index is 12.3. The number of rotatable bonds is 3. The van der Waals surface area contributed by atoms with Gasteiger partial charge in [-0.25, -0.2) is 15.0 Å². The lowest BCUT2D eigenvalue weighted by Gasteiger charge is -2.26. The zero-order chi connectivity index (χ0) is 16.5. The van der Waals surface area contributed by atoms with E-state index in [1.807, 2.05) is 13.0 Å². The fraction of sp³-hybridized carbons (Fsp3) is 0.312. The van der Waals surface area contributed by atoms with E-state index in [2.05, 4.69) is 30.0 Å². The van der Waals surface area contributed by atoms with E-state index in [0.717, 1.165) is 29.3 Å². The molecule has 1 N–H and O–H groups in total. The molecule has 0 atom stereocenters. The van der Waals surface area contributed by atoms with E-state index in [1.165, 1.54) is 6.33 Å². The smallest absolute Gasteiger partial charge is 0.254 e. The molecule has 0 aromatic carbocycles. The van der Waals surface area contributed by atoms with Crippen LogP contribution in [0.15, 0.2) is 34.1 Å². The molecular weight excluding hydrogens is 308 g/mol. The first-order valence-corrected chi connectivity index (χ1v) is 7.71. The standard InChI is InChI=1S/C16H16N6O2/c1-10-4-12(21-24-10)7-22-3-2-13-14(8-22)19-15(20-16(13)23)11-5-17-9-18-6-11/h4-6,9H,2-3,7-8H2,1H3,(H,19,20,23). The second-order valence-corrected chi connectivity index (χ2v) is 5.86. The molecule has 3 aromatic rings. The van der Waals surface area contributed by atoms with Crippen LogP contribution in [0.2, 0.25) is 0 Å². The number of hydrogen-bond acceptors (Lipinski definition) is 7. The molecule has 0 spiro atoms. The Morgan fingerprint density at radius 3 is 2.92 bits per heavy atom. The first-order chi connectivity index (χ1) is 11.7. The summed E-state index contributed by atoms with van der Waals surface area (Å²) in [6, 6.07) is 1.92. The normalized spacial score (nSPS) is 14.5. The summed E-state index contributed by atoms with van der Waals surface area (Å²) in [7, 11) is 0. The fourth-order valence-corrected chi connectivity index (χ4v) is 2.91. The maximum Gasteiger partial charge on any atom is 0.254 e. The quantitative estimate of drug-likeness (QED) is 0.769. The molecule has 0 saturated heterocycles. The van der Waals surface area contributed by atoms with Gasteiger partial charge in [0.1, 0.15) is 17.9 Å². The summed E-state index contributed by atoms with van der Waals surface area (Å²) >= 11 is 0. The monoisotopic (exact) mass is 324 g/mol. The molecule has 4 rings (SSSR count). The van der Waals surface area contributed by atoms with Crippen LogP contribution >= 0.6 is 0 Å². The van der Waals surface area contributed by atoms with Gasteiger partial charge >= 0.3 is 0 Å². The fourth-order valence-electron chi connectivity index (χ4n) is 2.91. The van der Waals surface area contributed by atoms with Gasteiger partial charge in [-0.3, -0.25) is 9.69 Å². The van der Waals surface area contributed by atoms with Gasteiger partial charge in [-0.1, -0.05) is 5.16 Å². The molecule has 0 radical (unpaired) electrons. The Kier molecular flexibility index (Phi) is 3.66. The molecule has 8 heteroatoms. The van der Waals surface area contributed by atoms with Crippen molar-refractivity contribution in [1.82, 2.24) is 30.0 Å². The van der Waals surface area contributed by atoms with Crippen LogP contribution in [0.4, 0.5) is 0 Å². The van der Waals surface area contributed by atoms with Crippen LogP contribution in [0.5, 0.6) is 0 Å². The SMILES string of the molecule is Cc1cc(CN2CCc3c(nc(-c4cncnc4)[nH]c3=O)C2)no1. The summed E-state index contributed by atoms with van der Waals surface area (Å²) in [5, 5.41) is 4.03. The molecule has 1 aliphatic heterocycles. The highest BCUT2D eigenvalue weighted by atomic mass is 16.5. The summed E-state index contributed by atoms with van der Waals surface area (Å²) in [5.41, 5.74) is 3.04. The molecule has 0 fully saturated rings. The Labute approximate surface area is 137 Å². The average Bonchev–Trinajstić information content (AvgIpc) is 3.00. The summed E-state index contributed by atoms with van der Waals surface area (Å²) in [5.74, 6) is 1.29. The zero-order valence-electron chi connectivity index (χ0n) is 13.2. The highest BCUT2D eigenvalue weighted by molar-refractivity contribution is 5.52. The van der Waals surface area contributed by atoms with E-state index >= 15 is 0 Å². The van der Waals surface area contributed by atoms with Crippen molar-refractivity contribution >= 4 is 0 Å². The minimum Gasteiger partial charge on any atom is -0.361 e. The predicted molar refractivity (Wildman–Crippen MR) is 84.9 cm³/mol. The van der Waals surface area contributed by atoms with E-state index in [1.54, 1.807) is 12.4 Å². The van der Waals surface area contributed by atoms with Crippen molar-refractivity contribution in [2.45, 2.75) is 26.4 Å². The second kappa shape index (κ2) is 5.97. The van der Waals surface area contributed by atoms with E-state index < -0.39 is 0 Å². The molecule has 0 bridgehead atoms. The molecule has 24 heavy (non-hydrogen) atoms. The predicted octanol–water partition coefficient (Wildman–Crippen LogP) is 1.08.